The second kappa shape index (κ2) is 3.27. The highest BCUT2D eigenvalue weighted by atomic mass is 15.3. The summed E-state index contributed by atoms with van der Waals surface area (Å²) in [6.45, 7) is 0. The first-order chi connectivity index (χ1) is 5.88. The van der Waals surface area contributed by atoms with Gasteiger partial charge < -0.3 is 5.73 Å². The largest absolute Gasteiger partial charge is 0.326 e. The lowest BCUT2D eigenvalue weighted by Crippen LogP contribution is -2.35. The predicted octanol–water partition coefficient (Wildman–Crippen LogP) is 1.33. The minimum atomic E-state index is 0.304. The van der Waals surface area contributed by atoms with Gasteiger partial charge in [-0.1, -0.05) is 12.8 Å². The van der Waals surface area contributed by atoms with E-state index in [-0.39, 0.29) is 0 Å². The fourth-order valence-corrected chi connectivity index (χ4v) is 1.95. The van der Waals surface area contributed by atoms with E-state index in [0.29, 0.717) is 12.1 Å². The Morgan fingerprint density at radius 3 is 2.83 bits per heavy atom. The summed E-state index contributed by atoms with van der Waals surface area (Å²) in [6, 6.07) is 2.70. The van der Waals surface area contributed by atoms with Crippen molar-refractivity contribution >= 4 is 0 Å². The zero-order valence-corrected chi connectivity index (χ0v) is 7.19. The molecule has 0 saturated heterocycles. The Hall–Kier alpha value is -0.830. The summed E-state index contributed by atoms with van der Waals surface area (Å²) >= 11 is 0. The van der Waals surface area contributed by atoms with E-state index in [1.165, 1.54) is 19.3 Å². The van der Waals surface area contributed by atoms with E-state index in [1.807, 2.05) is 23.1 Å². The van der Waals surface area contributed by atoms with Gasteiger partial charge in [0.1, 0.15) is 0 Å². The second-order valence-corrected chi connectivity index (χ2v) is 3.50. The van der Waals surface area contributed by atoms with E-state index in [9.17, 15) is 0 Å². The van der Waals surface area contributed by atoms with E-state index >= 15 is 0 Å². The van der Waals surface area contributed by atoms with Gasteiger partial charge in [0.05, 0.1) is 6.04 Å². The quantitative estimate of drug-likeness (QED) is 0.682. The summed E-state index contributed by atoms with van der Waals surface area (Å²) in [4.78, 5) is 0. The molecule has 0 bridgehead atoms. The summed E-state index contributed by atoms with van der Waals surface area (Å²) in [7, 11) is 0. The minimum absolute atomic E-state index is 0.304. The van der Waals surface area contributed by atoms with Crippen LogP contribution in [-0.4, -0.2) is 15.8 Å². The van der Waals surface area contributed by atoms with Gasteiger partial charge in [-0.05, 0) is 18.9 Å². The molecule has 0 aromatic carbocycles. The molecule has 2 N–H and O–H groups in total. The maximum absolute atomic E-state index is 6.01. The molecule has 3 heteroatoms. The molecule has 2 rings (SSSR count). The molecule has 3 nitrogen and oxygen atoms in total. The molecule has 0 unspecified atom stereocenters. The Balaban J connectivity index is 2.11. The fourth-order valence-electron chi connectivity index (χ4n) is 1.95. The monoisotopic (exact) mass is 165 g/mol. The van der Waals surface area contributed by atoms with Gasteiger partial charge in [-0.25, -0.2) is 0 Å². The zero-order chi connectivity index (χ0) is 8.39. The van der Waals surface area contributed by atoms with Gasteiger partial charge in [0.25, 0.3) is 0 Å². The maximum atomic E-state index is 6.01. The highest BCUT2D eigenvalue weighted by Gasteiger charge is 2.22. The fraction of sp³-hybridized carbons (Fsp3) is 0.667. The van der Waals surface area contributed by atoms with Crippen molar-refractivity contribution in [3.8, 4) is 0 Å². The summed E-state index contributed by atoms with van der Waals surface area (Å²) in [5.74, 6) is 0. The normalized spacial score (nSPS) is 30.4. The molecule has 1 aromatic heterocycles. The number of hydrogen-bond acceptors (Lipinski definition) is 2. The van der Waals surface area contributed by atoms with E-state index < -0.39 is 0 Å². The van der Waals surface area contributed by atoms with E-state index in [4.69, 9.17) is 5.73 Å². The third-order valence-corrected chi connectivity index (χ3v) is 2.65. The minimum Gasteiger partial charge on any atom is -0.326 e. The highest BCUT2D eigenvalue weighted by molar-refractivity contribution is 4.87. The second-order valence-electron chi connectivity index (χ2n) is 3.50. The Bertz CT molecular complexity index is 230. The Morgan fingerprint density at radius 2 is 2.17 bits per heavy atom. The number of aromatic nitrogens is 2. The van der Waals surface area contributed by atoms with Crippen molar-refractivity contribution in [2.75, 3.05) is 0 Å². The molecular weight excluding hydrogens is 150 g/mol. The lowest BCUT2D eigenvalue weighted by atomic mass is 9.91. The maximum Gasteiger partial charge on any atom is 0.0670 e. The number of nitrogens with zero attached hydrogens (tertiary/aromatic N) is 2. The SMILES string of the molecule is N[C@@H]1CCCC[C@@H]1n1cccn1. The van der Waals surface area contributed by atoms with E-state index in [0.717, 1.165) is 6.42 Å². The first-order valence-electron chi connectivity index (χ1n) is 4.62. The average molecular weight is 165 g/mol. The van der Waals surface area contributed by atoms with E-state index in [1.54, 1.807) is 0 Å². The first-order valence-corrected chi connectivity index (χ1v) is 4.62. The lowest BCUT2D eigenvalue weighted by molar-refractivity contribution is 0.286. The third-order valence-electron chi connectivity index (χ3n) is 2.65. The zero-order valence-electron chi connectivity index (χ0n) is 7.19. The van der Waals surface area contributed by atoms with Gasteiger partial charge in [0.15, 0.2) is 0 Å². The molecule has 0 spiro atoms. The standard InChI is InChI=1S/C9H15N3/c10-8-4-1-2-5-9(8)12-7-3-6-11-12/h3,6-9H,1-2,4-5,10H2/t8-,9+/m1/s1. The molecule has 0 aliphatic heterocycles. The molecule has 2 atom stereocenters. The van der Waals surface area contributed by atoms with Crippen molar-refractivity contribution in [1.82, 2.24) is 9.78 Å². The van der Waals surface area contributed by atoms with Crippen LogP contribution in [0.25, 0.3) is 0 Å². The van der Waals surface area contributed by atoms with Gasteiger partial charge in [-0.3, -0.25) is 4.68 Å². The van der Waals surface area contributed by atoms with Crippen LogP contribution in [0.2, 0.25) is 0 Å². The van der Waals surface area contributed by atoms with Crippen LogP contribution in [0.5, 0.6) is 0 Å². The van der Waals surface area contributed by atoms with Crippen molar-refractivity contribution in [3.05, 3.63) is 18.5 Å². The molecule has 0 radical (unpaired) electrons. The van der Waals surface area contributed by atoms with Crippen LogP contribution in [0.15, 0.2) is 18.5 Å². The molecule has 66 valence electrons. The van der Waals surface area contributed by atoms with Crippen molar-refractivity contribution in [3.63, 3.8) is 0 Å². The number of rotatable bonds is 1. The predicted molar refractivity (Wildman–Crippen MR) is 47.7 cm³/mol. The Morgan fingerprint density at radius 1 is 1.33 bits per heavy atom. The molecular formula is C9H15N3. The number of hydrogen-bond donors (Lipinski definition) is 1. The highest BCUT2D eigenvalue weighted by Crippen LogP contribution is 2.26. The lowest BCUT2D eigenvalue weighted by Gasteiger charge is -2.28. The van der Waals surface area contributed by atoms with Crippen molar-refractivity contribution in [2.24, 2.45) is 5.73 Å². The van der Waals surface area contributed by atoms with Crippen LogP contribution >= 0.6 is 0 Å². The molecule has 1 aromatic rings. The van der Waals surface area contributed by atoms with Gasteiger partial charge in [0, 0.05) is 18.4 Å². The summed E-state index contributed by atoms with van der Waals surface area (Å²) in [5.41, 5.74) is 6.01. The Kier molecular flexibility index (Phi) is 2.13. The van der Waals surface area contributed by atoms with Crippen LogP contribution < -0.4 is 5.73 Å². The van der Waals surface area contributed by atoms with Crippen LogP contribution in [-0.2, 0) is 0 Å². The van der Waals surface area contributed by atoms with Crippen LogP contribution in [0.3, 0.4) is 0 Å². The molecule has 1 aliphatic carbocycles. The summed E-state index contributed by atoms with van der Waals surface area (Å²) < 4.78 is 2.00. The molecule has 0 amide bonds. The van der Waals surface area contributed by atoms with Crippen molar-refractivity contribution < 1.29 is 0 Å². The van der Waals surface area contributed by atoms with Gasteiger partial charge >= 0.3 is 0 Å². The topological polar surface area (TPSA) is 43.8 Å². The molecule has 1 heterocycles. The molecule has 1 saturated carbocycles. The van der Waals surface area contributed by atoms with Crippen molar-refractivity contribution in [1.29, 1.82) is 0 Å². The van der Waals surface area contributed by atoms with Gasteiger partial charge in [-0.15, -0.1) is 0 Å². The third kappa shape index (κ3) is 1.37. The smallest absolute Gasteiger partial charge is 0.0670 e. The summed E-state index contributed by atoms with van der Waals surface area (Å²) in [5, 5.41) is 4.23. The first kappa shape index (κ1) is 7.80. The Labute approximate surface area is 72.6 Å². The average Bonchev–Trinajstić information content (AvgIpc) is 2.57. The van der Waals surface area contributed by atoms with Crippen LogP contribution in [0.1, 0.15) is 31.7 Å². The summed E-state index contributed by atoms with van der Waals surface area (Å²) in [6.07, 6.45) is 8.72. The van der Waals surface area contributed by atoms with E-state index in [2.05, 4.69) is 5.10 Å². The molecule has 1 aliphatic rings. The number of nitrogens with two attached hydrogens (primary N) is 1. The van der Waals surface area contributed by atoms with Crippen molar-refractivity contribution in [2.45, 2.75) is 37.8 Å². The van der Waals surface area contributed by atoms with Crippen LogP contribution in [0.4, 0.5) is 0 Å². The molecule has 12 heavy (non-hydrogen) atoms. The van der Waals surface area contributed by atoms with Crippen LogP contribution in [0, 0.1) is 0 Å². The van der Waals surface area contributed by atoms with Gasteiger partial charge in [-0.2, -0.15) is 5.10 Å². The molecule has 1 fully saturated rings. The van der Waals surface area contributed by atoms with Gasteiger partial charge in [0.2, 0.25) is 0 Å².